The number of benzene rings is 1. The lowest BCUT2D eigenvalue weighted by atomic mass is 9.90. The van der Waals surface area contributed by atoms with E-state index in [4.69, 9.17) is 14.2 Å². The molecule has 3 heterocycles. The Balaban J connectivity index is 1.32. The molecular weight excluding hydrogens is 338 g/mol. The van der Waals surface area contributed by atoms with E-state index in [0.717, 1.165) is 5.56 Å². The summed E-state index contributed by atoms with van der Waals surface area (Å²) in [7, 11) is 3.54. The topological polar surface area (TPSA) is 80.3 Å². The molecular formula is C18H23N3O5. The second-order valence-corrected chi connectivity index (χ2v) is 7.15. The Hall–Kier alpha value is -2.32. The van der Waals surface area contributed by atoms with Crippen LogP contribution in [-0.2, 0) is 20.7 Å². The van der Waals surface area contributed by atoms with Crippen LogP contribution >= 0.6 is 0 Å². The Kier molecular flexibility index (Phi) is 4.24. The van der Waals surface area contributed by atoms with Crippen LogP contribution in [0.3, 0.4) is 0 Å². The van der Waals surface area contributed by atoms with Crippen LogP contribution in [0.2, 0.25) is 0 Å². The number of amides is 2. The molecule has 1 N–H and O–H groups in total. The Morgan fingerprint density at radius 2 is 2.00 bits per heavy atom. The fourth-order valence-corrected chi connectivity index (χ4v) is 3.79. The second-order valence-electron chi connectivity index (χ2n) is 7.15. The zero-order chi connectivity index (χ0) is 18.3. The second kappa shape index (κ2) is 6.44. The largest absolute Gasteiger partial charge is 0.454 e. The summed E-state index contributed by atoms with van der Waals surface area (Å²) in [6, 6.07) is 5.30. The number of carbonyl (C=O) groups is 2. The SMILES string of the molecule is CNC(=O)C1COC2(CN(C(=O)Cc3ccc4c(c3)OCO4)C2)CN1C. The van der Waals surface area contributed by atoms with Gasteiger partial charge in [-0.1, -0.05) is 6.07 Å². The molecule has 2 saturated heterocycles. The molecule has 1 aromatic rings. The Bertz CT molecular complexity index is 732. The molecule has 0 aliphatic carbocycles. The molecule has 1 atom stereocenters. The molecule has 0 radical (unpaired) electrons. The van der Waals surface area contributed by atoms with Gasteiger partial charge in [0.1, 0.15) is 11.6 Å². The summed E-state index contributed by atoms with van der Waals surface area (Å²) >= 11 is 0. The molecule has 1 spiro atoms. The molecule has 3 aliphatic heterocycles. The van der Waals surface area contributed by atoms with E-state index in [9.17, 15) is 9.59 Å². The van der Waals surface area contributed by atoms with E-state index in [1.807, 2.05) is 30.1 Å². The highest BCUT2D eigenvalue weighted by Gasteiger charge is 2.51. The number of ether oxygens (including phenoxy) is 3. The summed E-state index contributed by atoms with van der Waals surface area (Å²) in [4.78, 5) is 28.2. The lowest BCUT2D eigenvalue weighted by molar-refractivity contribution is -0.200. The summed E-state index contributed by atoms with van der Waals surface area (Å²) in [5, 5.41) is 2.66. The van der Waals surface area contributed by atoms with Gasteiger partial charge in [0.2, 0.25) is 18.6 Å². The van der Waals surface area contributed by atoms with Crippen molar-refractivity contribution in [3.8, 4) is 11.5 Å². The van der Waals surface area contributed by atoms with Gasteiger partial charge >= 0.3 is 0 Å². The first-order valence-electron chi connectivity index (χ1n) is 8.72. The van der Waals surface area contributed by atoms with E-state index in [1.54, 1.807) is 11.9 Å². The van der Waals surface area contributed by atoms with Crippen LogP contribution in [0.4, 0.5) is 0 Å². The summed E-state index contributed by atoms with van der Waals surface area (Å²) in [6.07, 6.45) is 0.323. The third-order valence-corrected chi connectivity index (χ3v) is 5.27. The quantitative estimate of drug-likeness (QED) is 0.790. The molecule has 0 saturated carbocycles. The molecule has 1 aromatic carbocycles. The summed E-state index contributed by atoms with van der Waals surface area (Å²) < 4.78 is 16.6. The van der Waals surface area contributed by atoms with Crippen LogP contribution in [0, 0.1) is 0 Å². The average Bonchev–Trinajstić information content (AvgIpc) is 3.06. The maximum absolute atomic E-state index is 12.5. The predicted molar refractivity (Wildman–Crippen MR) is 92.0 cm³/mol. The molecule has 0 aromatic heterocycles. The first kappa shape index (κ1) is 17.1. The zero-order valence-corrected chi connectivity index (χ0v) is 15.0. The van der Waals surface area contributed by atoms with Crippen LogP contribution in [0.15, 0.2) is 18.2 Å². The highest BCUT2D eigenvalue weighted by Crippen LogP contribution is 2.34. The molecule has 4 rings (SSSR count). The summed E-state index contributed by atoms with van der Waals surface area (Å²) in [5.41, 5.74) is 0.547. The molecule has 26 heavy (non-hydrogen) atoms. The van der Waals surface area contributed by atoms with Crippen LogP contribution in [0.5, 0.6) is 11.5 Å². The first-order valence-corrected chi connectivity index (χ1v) is 8.72. The zero-order valence-electron chi connectivity index (χ0n) is 15.0. The van der Waals surface area contributed by atoms with Crippen molar-refractivity contribution in [2.45, 2.75) is 18.1 Å². The van der Waals surface area contributed by atoms with Crippen molar-refractivity contribution in [2.75, 3.05) is 47.1 Å². The minimum atomic E-state index is -0.357. The van der Waals surface area contributed by atoms with Crippen molar-refractivity contribution in [3.05, 3.63) is 23.8 Å². The van der Waals surface area contributed by atoms with Crippen molar-refractivity contribution in [1.82, 2.24) is 15.1 Å². The number of nitrogens with zero attached hydrogens (tertiary/aromatic N) is 2. The number of hydrogen-bond donors (Lipinski definition) is 1. The van der Waals surface area contributed by atoms with Crippen molar-refractivity contribution in [1.29, 1.82) is 0 Å². The van der Waals surface area contributed by atoms with Gasteiger partial charge in [-0.3, -0.25) is 14.5 Å². The number of fused-ring (bicyclic) bond motifs is 1. The van der Waals surface area contributed by atoms with E-state index >= 15 is 0 Å². The van der Waals surface area contributed by atoms with Crippen LogP contribution in [0.1, 0.15) is 5.56 Å². The van der Waals surface area contributed by atoms with E-state index in [1.165, 1.54) is 0 Å². The normalized spacial score (nSPS) is 23.6. The molecule has 8 nitrogen and oxygen atoms in total. The number of likely N-dealkylation sites (N-methyl/N-ethyl adjacent to an activating group) is 2. The maximum atomic E-state index is 12.5. The third-order valence-electron chi connectivity index (χ3n) is 5.27. The number of nitrogens with one attached hydrogen (secondary N) is 1. The van der Waals surface area contributed by atoms with Crippen molar-refractivity contribution in [3.63, 3.8) is 0 Å². The predicted octanol–water partition coefficient (Wildman–Crippen LogP) is -0.385. The molecule has 140 valence electrons. The Labute approximate surface area is 152 Å². The van der Waals surface area contributed by atoms with Gasteiger partial charge in [-0.2, -0.15) is 0 Å². The van der Waals surface area contributed by atoms with Gasteiger partial charge in [-0.05, 0) is 24.7 Å². The standard InChI is InChI=1S/C18H23N3O5/c1-19-17(23)13-7-26-18(8-20(13)2)9-21(10-18)16(22)6-12-3-4-14-15(5-12)25-11-24-14/h3-5,13H,6-11H2,1-2H3,(H,19,23). The molecule has 0 bridgehead atoms. The number of morpholine rings is 1. The van der Waals surface area contributed by atoms with Crippen molar-refractivity contribution in [2.24, 2.45) is 0 Å². The van der Waals surface area contributed by atoms with Crippen LogP contribution in [-0.4, -0.2) is 80.4 Å². The molecule has 2 fully saturated rings. The lowest BCUT2D eigenvalue weighted by Gasteiger charge is -2.54. The van der Waals surface area contributed by atoms with Gasteiger partial charge in [-0.15, -0.1) is 0 Å². The maximum Gasteiger partial charge on any atom is 0.239 e. The highest BCUT2D eigenvalue weighted by atomic mass is 16.7. The van der Waals surface area contributed by atoms with E-state index in [0.29, 0.717) is 44.2 Å². The molecule has 3 aliphatic rings. The highest BCUT2D eigenvalue weighted by molar-refractivity contribution is 5.82. The van der Waals surface area contributed by atoms with E-state index < -0.39 is 0 Å². The molecule has 2 amide bonds. The molecule has 8 heteroatoms. The lowest BCUT2D eigenvalue weighted by Crippen LogP contribution is -2.73. The van der Waals surface area contributed by atoms with E-state index in [-0.39, 0.29) is 30.3 Å². The van der Waals surface area contributed by atoms with E-state index in [2.05, 4.69) is 5.32 Å². The summed E-state index contributed by atoms with van der Waals surface area (Å²) in [5.74, 6) is 1.42. The fourth-order valence-electron chi connectivity index (χ4n) is 3.79. The minimum Gasteiger partial charge on any atom is -0.454 e. The van der Waals surface area contributed by atoms with Gasteiger partial charge in [0.05, 0.1) is 26.1 Å². The van der Waals surface area contributed by atoms with Crippen LogP contribution in [0.25, 0.3) is 0 Å². The van der Waals surface area contributed by atoms with Crippen molar-refractivity contribution >= 4 is 11.8 Å². The fraction of sp³-hybridized carbons (Fsp3) is 0.556. The molecule has 1 unspecified atom stereocenters. The minimum absolute atomic E-state index is 0.0441. The van der Waals surface area contributed by atoms with Crippen LogP contribution < -0.4 is 14.8 Å². The van der Waals surface area contributed by atoms with Gasteiger partial charge in [0.25, 0.3) is 0 Å². The number of likely N-dealkylation sites (tertiary alicyclic amines) is 1. The number of hydrogen-bond acceptors (Lipinski definition) is 6. The third kappa shape index (κ3) is 2.99. The van der Waals surface area contributed by atoms with Gasteiger partial charge < -0.3 is 24.4 Å². The smallest absolute Gasteiger partial charge is 0.239 e. The first-order chi connectivity index (χ1) is 12.5. The Morgan fingerprint density at radius 3 is 2.73 bits per heavy atom. The van der Waals surface area contributed by atoms with Gasteiger partial charge in [-0.25, -0.2) is 0 Å². The Morgan fingerprint density at radius 1 is 1.23 bits per heavy atom. The average molecular weight is 361 g/mol. The number of rotatable bonds is 3. The monoisotopic (exact) mass is 361 g/mol. The van der Waals surface area contributed by atoms with Crippen molar-refractivity contribution < 1.29 is 23.8 Å². The van der Waals surface area contributed by atoms with Gasteiger partial charge in [0, 0.05) is 13.6 Å². The summed E-state index contributed by atoms with van der Waals surface area (Å²) in [6.45, 7) is 2.32. The van der Waals surface area contributed by atoms with Gasteiger partial charge in [0.15, 0.2) is 11.5 Å². The number of carbonyl (C=O) groups excluding carboxylic acids is 2.